The first kappa shape index (κ1) is 20.1. The molecule has 6 heteroatoms. The summed E-state index contributed by atoms with van der Waals surface area (Å²) in [6.07, 6.45) is 3.79. The van der Waals surface area contributed by atoms with Crippen LogP contribution in [0.3, 0.4) is 0 Å². The number of benzene rings is 2. The molecule has 1 heterocycles. The summed E-state index contributed by atoms with van der Waals surface area (Å²) >= 11 is 1.67. The average molecular weight is 398 g/mol. The van der Waals surface area contributed by atoms with Gasteiger partial charge in [-0.2, -0.15) is 0 Å². The maximum absolute atomic E-state index is 14.4. The number of amides is 1. The van der Waals surface area contributed by atoms with E-state index in [-0.39, 0.29) is 11.7 Å². The average Bonchev–Trinajstić information content (AvgIpc) is 3.09. The number of hydrogen-bond acceptors (Lipinski definition) is 3. The fraction of sp³-hybridized carbons (Fsp3) is 0.273. The van der Waals surface area contributed by atoms with Crippen LogP contribution in [0.2, 0.25) is 0 Å². The van der Waals surface area contributed by atoms with Crippen LogP contribution in [-0.2, 0) is 11.3 Å². The van der Waals surface area contributed by atoms with Gasteiger partial charge in [0.25, 0.3) is 0 Å². The number of nitrogens with zero attached hydrogens (tertiary/aromatic N) is 2. The highest BCUT2D eigenvalue weighted by molar-refractivity contribution is 7.99. The van der Waals surface area contributed by atoms with Gasteiger partial charge in [-0.15, -0.1) is 11.8 Å². The maximum Gasteiger partial charge on any atom is 0.221 e. The zero-order chi connectivity index (χ0) is 20.1. The minimum absolute atomic E-state index is 0.0359. The lowest BCUT2D eigenvalue weighted by Crippen LogP contribution is -2.23. The molecule has 1 N–H and O–H groups in total. The summed E-state index contributed by atoms with van der Waals surface area (Å²) in [6.45, 7) is 6.31. The molecule has 146 valence electrons. The Morgan fingerprint density at radius 3 is 2.64 bits per heavy atom. The summed E-state index contributed by atoms with van der Waals surface area (Å²) in [7, 11) is 0. The molecule has 0 fully saturated rings. The van der Waals surface area contributed by atoms with Gasteiger partial charge >= 0.3 is 0 Å². The molecule has 0 radical (unpaired) electrons. The van der Waals surface area contributed by atoms with Crippen molar-refractivity contribution in [2.75, 3.05) is 5.75 Å². The highest BCUT2D eigenvalue weighted by atomic mass is 32.2. The highest BCUT2D eigenvalue weighted by Crippen LogP contribution is 2.21. The molecule has 0 aliphatic rings. The molecule has 0 bridgehead atoms. The zero-order valence-electron chi connectivity index (χ0n) is 16.3. The number of halogens is 1. The van der Waals surface area contributed by atoms with Gasteiger partial charge in [-0.3, -0.25) is 4.79 Å². The molecular weight excluding hydrogens is 373 g/mol. The van der Waals surface area contributed by atoms with E-state index in [9.17, 15) is 9.18 Å². The smallest absolute Gasteiger partial charge is 0.221 e. The second-order valence-corrected chi connectivity index (χ2v) is 7.92. The number of imidazole rings is 1. The van der Waals surface area contributed by atoms with Crippen molar-refractivity contribution in [1.82, 2.24) is 14.9 Å². The van der Waals surface area contributed by atoms with Gasteiger partial charge in [-0.05, 0) is 61.7 Å². The number of carbonyl (C=O) groups excluding carboxylic acids is 1. The van der Waals surface area contributed by atoms with Gasteiger partial charge in [0.2, 0.25) is 5.91 Å². The van der Waals surface area contributed by atoms with Crippen LogP contribution in [-0.4, -0.2) is 21.2 Å². The lowest BCUT2D eigenvalue weighted by molar-refractivity contribution is -0.120. The number of aryl methyl sites for hydroxylation is 3. The second-order valence-electron chi connectivity index (χ2n) is 6.75. The predicted molar refractivity (Wildman–Crippen MR) is 111 cm³/mol. The van der Waals surface area contributed by atoms with Gasteiger partial charge < -0.3 is 9.88 Å². The molecule has 1 aromatic heterocycles. The number of hydrogen-bond donors (Lipinski definition) is 1. The van der Waals surface area contributed by atoms with Crippen molar-refractivity contribution in [2.45, 2.75) is 38.6 Å². The van der Waals surface area contributed by atoms with E-state index in [4.69, 9.17) is 0 Å². The summed E-state index contributed by atoms with van der Waals surface area (Å²) in [5.41, 5.74) is 3.71. The number of aromatic nitrogens is 2. The molecule has 0 atom stereocenters. The van der Waals surface area contributed by atoms with Crippen LogP contribution in [0.5, 0.6) is 0 Å². The first-order chi connectivity index (χ1) is 13.4. The number of rotatable bonds is 7. The quantitative estimate of drug-likeness (QED) is 0.586. The molecular formula is C22H24FN3OS. The first-order valence-corrected chi connectivity index (χ1v) is 10.2. The van der Waals surface area contributed by atoms with Gasteiger partial charge in [-0.1, -0.05) is 12.1 Å². The van der Waals surface area contributed by atoms with E-state index < -0.39 is 0 Å². The molecule has 0 unspecified atom stereocenters. The Kier molecular flexibility index (Phi) is 6.52. The maximum atomic E-state index is 14.4. The molecule has 28 heavy (non-hydrogen) atoms. The lowest BCUT2D eigenvalue weighted by Gasteiger charge is -2.10. The Labute approximate surface area is 169 Å². The van der Waals surface area contributed by atoms with Crippen molar-refractivity contribution in [1.29, 1.82) is 0 Å². The zero-order valence-corrected chi connectivity index (χ0v) is 17.1. The third kappa shape index (κ3) is 5.01. The molecule has 0 saturated heterocycles. The van der Waals surface area contributed by atoms with E-state index in [2.05, 4.69) is 42.3 Å². The second kappa shape index (κ2) is 9.06. The number of carbonyl (C=O) groups is 1. The van der Waals surface area contributed by atoms with Crippen molar-refractivity contribution in [3.05, 3.63) is 77.1 Å². The normalized spacial score (nSPS) is 10.9. The standard InChI is InChI=1S/C22H24FN3OS/c1-15-4-6-19(12-16(15)2)28-11-8-22(27)25-14-18-5-7-21(20(23)13-18)26-10-9-24-17(26)3/h4-7,9-10,12-13H,8,11,14H2,1-3H3,(H,25,27). The minimum Gasteiger partial charge on any atom is -0.352 e. The van der Waals surface area contributed by atoms with E-state index >= 15 is 0 Å². The van der Waals surface area contributed by atoms with Gasteiger partial charge in [-0.25, -0.2) is 9.37 Å². The summed E-state index contributed by atoms with van der Waals surface area (Å²) in [5, 5.41) is 2.86. The summed E-state index contributed by atoms with van der Waals surface area (Å²) in [4.78, 5) is 17.4. The van der Waals surface area contributed by atoms with Crippen LogP contribution >= 0.6 is 11.8 Å². The van der Waals surface area contributed by atoms with E-state index in [1.165, 1.54) is 22.1 Å². The highest BCUT2D eigenvalue weighted by Gasteiger charge is 2.09. The SMILES string of the molecule is Cc1ccc(SCCC(=O)NCc2ccc(-n3ccnc3C)c(F)c2)cc1C. The van der Waals surface area contributed by atoms with Crippen LogP contribution in [0, 0.1) is 26.6 Å². The monoisotopic (exact) mass is 397 g/mol. The van der Waals surface area contributed by atoms with Crippen molar-refractivity contribution < 1.29 is 9.18 Å². The Morgan fingerprint density at radius 1 is 1.14 bits per heavy atom. The summed E-state index contributed by atoms with van der Waals surface area (Å²) in [6, 6.07) is 11.3. The molecule has 0 spiro atoms. The van der Waals surface area contributed by atoms with Crippen molar-refractivity contribution in [3.63, 3.8) is 0 Å². The van der Waals surface area contributed by atoms with Crippen molar-refractivity contribution in [3.8, 4) is 5.69 Å². The lowest BCUT2D eigenvalue weighted by atomic mass is 10.1. The molecule has 3 rings (SSSR count). The fourth-order valence-electron chi connectivity index (χ4n) is 2.84. The van der Waals surface area contributed by atoms with Crippen LogP contribution in [0.4, 0.5) is 4.39 Å². The van der Waals surface area contributed by atoms with Gasteiger partial charge in [0.05, 0.1) is 5.69 Å². The van der Waals surface area contributed by atoms with Crippen LogP contribution < -0.4 is 5.32 Å². The van der Waals surface area contributed by atoms with Gasteiger partial charge in [0.1, 0.15) is 11.6 Å². The van der Waals surface area contributed by atoms with E-state index in [1.54, 1.807) is 34.8 Å². The topological polar surface area (TPSA) is 46.9 Å². The van der Waals surface area contributed by atoms with Crippen molar-refractivity contribution in [2.24, 2.45) is 0 Å². The molecule has 0 saturated carbocycles. The van der Waals surface area contributed by atoms with E-state index in [0.717, 1.165) is 11.4 Å². The fourth-order valence-corrected chi connectivity index (χ4v) is 3.79. The molecule has 3 aromatic rings. The Bertz CT molecular complexity index is 984. The van der Waals surface area contributed by atoms with Crippen LogP contribution in [0.15, 0.2) is 53.7 Å². The number of thioether (sulfide) groups is 1. The first-order valence-electron chi connectivity index (χ1n) is 9.19. The molecule has 4 nitrogen and oxygen atoms in total. The molecule has 2 aromatic carbocycles. The molecule has 1 amide bonds. The number of nitrogens with one attached hydrogen (secondary N) is 1. The Balaban J connectivity index is 1.48. The molecule has 0 aliphatic heterocycles. The van der Waals surface area contributed by atoms with Gasteiger partial charge in [0.15, 0.2) is 0 Å². The van der Waals surface area contributed by atoms with Crippen molar-refractivity contribution >= 4 is 17.7 Å². The third-order valence-corrected chi connectivity index (χ3v) is 5.66. The predicted octanol–water partition coefficient (Wildman–Crippen LogP) is 4.74. The third-order valence-electron chi connectivity index (χ3n) is 4.66. The molecule has 0 aliphatic carbocycles. The van der Waals surface area contributed by atoms with E-state index in [0.29, 0.717) is 24.4 Å². The van der Waals surface area contributed by atoms with Crippen LogP contribution in [0.25, 0.3) is 5.69 Å². The Morgan fingerprint density at radius 2 is 1.96 bits per heavy atom. The summed E-state index contributed by atoms with van der Waals surface area (Å²) in [5.74, 6) is 1.06. The van der Waals surface area contributed by atoms with Crippen LogP contribution in [0.1, 0.15) is 28.9 Å². The Hall–Kier alpha value is -2.60. The van der Waals surface area contributed by atoms with Gasteiger partial charge in [0, 0.05) is 36.0 Å². The van der Waals surface area contributed by atoms with E-state index in [1.807, 2.05) is 13.0 Å². The minimum atomic E-state index is -0.335. The largest absolute Gasteiger partial charge is 0.352 e. The summed E-state index contributed by atoms with van der Waals surface area (Å²) < 4.78 is 16.1.